The number of aromatic amines is 1. The van der Waals surface area contributed by atoms with Crippen molar-refractivity contribution in [1.29, 1.82) is 0 Å². The molecule has 76 valence electrons. The summed E-state index contributed by atoms with van der Waals surface area (Å²) in [5, 5.41) is 0. The van der Waals surface area contributed by atoms with Gasteiger partial charge in [0.1, 0.15) is 5.78 Å². The third-order valence-corrected chi connectivity index (χ3v) is 1.93. The molecule has 0 aliphatic carbocycles. The zero-order chi connectivity index (χ0) is 10.7. The molecule has 1 aromatic heterocycles. The summed E-state index contributed by atoms with van der Waals surface area (Å²) in [6.07, 6.45) is 0.298. The van der Waals surface area contributed by atoms with E-state index in [1.807, 2.05) is 0 Å². The van der Waals surface area contributed by atoms with Gasteiger partial charge >= 0.3 is 5.69 Å². The average molecular weight is 196 g/mol. The van der Waals surface area contributed by atoms with Crippen LogP contribution in [-0.2, 0) is 11.3 Å². The van der Waals surface area contributed by atoms with Crippen molar-refractivity contribution >= 4 is 5.78 Å². The summed E-state index contributed by atoms with van der Waals surface area (Å²) in [5.41, 5.74) is -0.303. The maximum Gasteiger partial charge on any atom is 0.328 e. The zero-order valence-corrected chi connectivity index (χ0v) is 8.16. The highest BCUT2D eigenvalue weighted by molar-refractivity contribution is 5.75. The van der Waals surface area contributed by atoms with Crippen LogP contribution in [0.2, 0.25) is 0 Å². The fraction of sp³-hybridized carbons (Fsp3) is 0.444. The monoisotopic (exact) mass is 196 g/mol. The second kappa shape index (κ2) is 4.04. The Labute approximate surface area is 80.4 Å². The maximum absolute atomic E-state index is 11.3. The molecule has 14 heavy (non-hydrogen) atoms. The number of aromatic nitrogens is 2. The first-order valence-corrected chi connectivity index (χ1v) is 4.31. The smallest absolute Gasteiger partial charge is 0.300 e. The van der Waals surface area contributed by atoms with Crippen molar-refractivity contribution in [3.05, 3.63) is 32.6 Å². The second-order valence-electron chi connectivity index (χ2n) is 3.18. The third kappa shape index (κ3) is 2.42. The number of H-pyrrole nitrogens is 1. The van der Waals surface area contributed by atoms with Crippen LogP contribution in [0.1, 0.15) is 19.0 Å². The number of nitrogens with zero attached hydrogens (tertiary/aromatic N) is 1. The van der Waals surface area contributed by atoms with Gasteiger partial charge in [0, 0.05) is 24.7 Å². The number of carbonyl (C=O) groups is 1. The topological polar surface area (TPSA) is 71.9 Å². The number of hydrogen-bond acceptors (Lipinski definition) is 3. The SMILES string of the molecule is CC(=O)CCn1c(C)cc(=O)[nH]c1=O. The van der Waals surface area contributed by atoms with Gasteiger partial charge in [0.2, 0.25) is 0 Å². The number of aryl methyl sites for hydroxylation is 1. The van der Waals surface area contributed by atoms with Crippen molar-refractivity contribution in [3.8, 4) is 0 Å². The molecule has 0 saturated heterocycles. The van der Waals surface area contributed by atoms with Crippen molar-refractivity contribution in [2.75, 3.05) is 0 Å². The van der Waals surface area contributed by atoms with E-state index >= 15 is 0 Å². The molecule has 0 fully saturated rings. The molecule has 0 aliphatic rings. The van der Waals surface area contributed by atoms with E-state index in [1.54, 1.807) is 6.92 Å². The fourth-order valence-electron chi connectivity index (χ4n) is 1.18. The summed E-state index contributed by atoms with van der Waals surface area (Å²) >= 11 is 0. The molecule has 0 atom stereocenters. The molecule has 1 rings (SSSR count). The van der Waals surface area contributed by atoms with Gasteiger partial charge < -0.3 is 0 Å². The van der Waals surface area contributed by atoms with Crippen LogP contribution in [0.15, 0.2) is 15.7 Å². The molecule has 1 N–H and O–H groups in total. The molecule has 0 spiro atoms. The first-order chi connectivity index (χ1) is 6.50. The van der Waals surface area contributed by atoms with Crippen LogP contribution in [-0.4, -0.2) is 15.3 Å². The van der Waals surface area contributed by atoms with E-state index in [2.05, 4.69) is 4.98 Å². The van der Waals surface area contributed by atoms with E-state index in [9.17, 15) is 14.4 Å². The van der Waals surface area contributed by atoms with E-state index in [-0.39, 0.29) is 5.78 Å². The predicted octanol–water partition coefficient (Wildman–Crippen LogP) is -0.176. The Morgan fingerprint density at radius 2 is 2.14 bits per heavy atom. The lowest BCUT2D eigenvalue weighted by Gasteiger charge is -2.06. The van der Waals surface area contributed by atoms with E-state index < -0.39 is 11.2 Å². The fourth-order valence-corrected chi connectivity index (χ4v) is 1.18. The number of nitrogens with one attached hydrogen (secondary N) is 1. The Balaban J connectivity index is 3.03. The lowest BCUT2D eigenvalue weighted by Crippen LogP contribution is -2.31. The molecule has 0 unspecified atom stereocenters. The maximum atomic E-state index is 11.3. The van der Waals surface area contributed by atoms with Crippen LogP contribution >= 0.6 is 0 Å². The van der Waals surface area contributed by atoms with Crippen LogP contribution in [0.5, 0.6) is 0 Å². The van der Waals surface area contributed by atoms with Gasteiger partial charge in [-0.2, -0.15) is 0 Å². The number of ketones is 1. The number of Topliss-reactive ketones (excluding diaryl/α,β-unsaturated/α-hetero) is 1. The predicted molar refractivity (Wildman–Crippen MR) is 51.4 cm³/mol. The lowest BCUT2D eigenvalue weighted by atomic mass is 10.3. The summed E-state index contributed by atoms with van der Waals surface area (Å²) in [4.78, 5) is 35.0. The first kappa shape index (κ1) is 10.4. The number of carbonyl (C=O) groups excluding carboxylic acids is 1. The minimum atomic E-state index is -0.462. The summed E-state index contributed by atoms with van der Waals surface area (Å²) in [5.74, 6) is 0.0162. The molecule has 0 aliphatic heterocycles. The van der Waals surface area contributed by atoms with Gasteiger partial charge in [0.05, 0.1) is 0 Å². The molecular formula is C9H12N2O3. The van der Waals surface area contributed by atoms with Crippen molar-refractivity contribution in [2.24, 2.45) is 0 Å². The Hall–Kier alpha value is -1.65. The van der Waals surface area contributed by atoms with Crippen molar-refractivity contribution in [3.63, 3.8) is 0 Å². The van der Waals surface area contributed by atoms with Gasteiger partial charge in [-0.3, -0.25) is 19.1 Å². The van der Waals surface area contributed by atoms with Gasteiger partial charge in [-0.05, 0) is 13.8 Å². The van der Waals surface area contributed by atoms with Gasteiger partial charge in [0.25, 0.3) is 5.56 Å². The molecule has 5 heteroatoms. The highest BCUT2D eigenvalue weighted by Gasteiger charge is 2.02. The first-order valence-electron chi connectivity index (χ1n) is 4.31. The molecule has 0 amide bonds. The van der Waals surface area contributed by atoms with Crippen molar-refractivity contribution in [2.45, 2.75) is 26.8 Å². The van der Waals surface area contributed by atoms with Gasteiger partial charge in [0.15, 0.2) is 0 Å². The summed E-state index contributed by atoms with van der Waals surface area (Å²) in [6.45, 7) is 3.44. The molecule has 5 nitrogen and oxygen atoms in total. The molecule has 1 heterocycles. The minimum Gasteiger partial charge on any atom is -0.300 e. The van der Waals surface area contributed by atoms with Gasteiger partial charge in [-0.1, -0.05) is 0 Å². The highest BCUT2D eigenvalue weighted by Crippen LogP contribution is 1.92. The quantitative estimate of drug-likeness (QED) is 0.729. The van der Waals surface area contributed by atoms with E-state index in [1.165, 1.54) is 17.6 Å². The van der Waals surface area contributed by atoms with Crippen molar-refractivity contribution in [1.82, 2.24) is 9.55 Å². The van der Waals surface area contributed by atoms with Gasteiger partial charge in [-0.15, -0.1) is 0 Å². The standard InChI is InChI=1S/C9H12N2O3/c1-6-5-8(13)10-9(14)11(6)4-3-7(2)12/h5H,3-4H2,1-2H3,(H,10,13,14). The van der Waals surface area contributed by atoms with Crippen LogP contribution in [0, 0.1) is 6.92 Å². The minimum absolute atomic E-state index is 0.0162. The van der Waals surface area contributed by atoms with Crippen molar-refractivity contribution < 1.29 is 4.79 Å². The molecule has 1 aromatic rings. The third-order valence-electron chi connectivity index (χ3n) is 1.93. The Morgan fingerprint density at radius 1 is 1.50 bits per heavy atom. The summed E-state index contributed by atoms with van der Waals surface area (Å²) in [7, 11) is 0. The van der Waals surface area contributed by atoms with E-state index in [4.69, 9.17) is 0 Å². The molecule has 0 aromatic carbocycles. The lowest BCUT2D eigenvalue weighted by molar-refractivity contribution is -0.117. The van der Waals surface area contributed by atoms with E-state index in [0.29, 0.717) is 18.7 Å². The average Bonchev–Trinajstić information content (AvgIpc) is 2.01. The molecule has 0 bridgehead atoms. The highest BCUT2D eigenvalue weighted by atomic mass is 16.2. The van der Waals surface area contributed by atoms with Crippen LogP contribution in [0.25, 0.3) is 0 Å². The largest absolute Gasteiger partial charge is 0.328 e. The van der Waals surface area contributed by atoms with Gasteiger partial charge in [-0.25, -0.2) is 4.79 Å². The van der Waals surface area contributed by atoms with Crippen LogP contribution in [0.3, 0.4) is 0 Å². The Morgan fingerprint density at radius 3 is 2.64 bits per heavy atom. The Bertz CT molecular complexity index is 456. The second-order valence-corrected chi connectivity index (χ2v) is 3.18. The van der Waals surface area contributed by atoms with Crippen LogP contribution in [0.4, 0.5) is 0 Å². The summed E-state index contributed by atoms with van der Waals surface area (Å²) in [6, 6.07) is 1.33. The molecule has 0 saturated carbocycles. The summed E-state index contributed by atoms with van der Waals surface area (Å²) < 4.78 is 1.38. The van der Waals surface area contributed by atoms with E-state index in [0.717, 1.165) is 0 Å². The Kier molecular flexibility index (Phi) is 3.01. The zero-order valence-electron chi connectivity index (χ0n) is 8.16. The normalized spacial score (nSPS) is 10.1. The van der Waals surface area contributed by atoms with Crippen LogP contribution < -0.4 is 11.2 Å². The molecular weight excluding hydrogens is 184 g/mol. The molecule has 0 radical (unpaired) electrons. The number of rotatable bonds is 3. The number of hydrogen-bond donors (Lipinski definition) is 1.